The minimum Gasteiger partial charge on any atom is -0.482 e. The maximum Gasteiger partial charge on any atom is 0.416 e. The third-order valence-electron chi connectivity index (χ3n) is 5.05. The van der Waals surface area contributed by atoms with Crippen LogP contribution in [0.2, 0.25) is 0 Å². The molecule has 0 aliphatic carbocycles. The van der Waals surface area contributed by atoms with Gasteiger partial charge in [-0.3, -0.25) is 0 Å². The van der Waals surface area contributed by atoms with E-state index in [0.717, 1.165) is 52.1 Å². The highest BCUT2D eigenvalue weighted by Gasteiger charge is 2.30. The summed E-state index contributed by atoms with van der Waals surface area (Å²) in [5.41, 5.74) is 3.38. The van der Waals surface area contributed by atoms with Gasteiger partial charge in [0.2, 0.25) is 0 Å². The molecule has 2 aromatic carbocycles. The van der Waals surface area contributed by atoms with Crippen molar-refractivity contribution in [2.45, 2.75) is 39.8 Å². The number of carbonyl (C=O) groups excluding carboxylic acids is 1. The number of aryl methyl sites for hydroxylation is 4. The molecule has 170 valence electrons. The van der Waals surface area contributed by atoms with Gasteiger partial charge in [0.25, 0.3) is 0 Å². The molecule has 0 bridgehead atoms. The second-order valence-electron chi connectivity index (χ2n) is 7.49. The summed E-state index contributed by atoms with van der Waals surface area (Å²) < 4.78 is 48.8. The van der Waals surface area contributed by atoms with Crippen LogP contribution < -0.4 is 4.74 Å². The van der Waals surface area contributed by atoms with Crippen molar-refractivity contribution in [1.29, 1.82) is 0 Å². The van der Waals surface area contributed by atoms with Crippen LogP contribution in [0.5, 0.6) is 5.75 Å². The maximum absolute atomic E-state index is 12.8. The molecule has 32 heavy (non-hydrogen) atoms. The third kappa shape index (κ3) is 6.13. The molecule has 0 fully saturated rings. The first-order chi connectivity index (χ1) is 15.2. The number of carbonyl (C=O) groups is 1. The van der Waals surface area contributed by atoms with Gasteiger partial charge in [0.05, 0.1) is 12.2 Å². The zero-order valence-electron chi connectivity index (χ0n) is 18.2. The molecule has 1 aromatic heterocycles. The molecule has 0 aliphatic heterocycles. The summed E-state index contributed by atoms with van der Waals surface area (Å²) in [7, 11) is 0. The molecule has 1 heterocycles. The molecule has 3 aromatic rings. The molecule has 0 aliphatic rings. The first kappa shape index (κ1) is 23.9. The number of halogens is 3. The van der Waals surface area contributed by atoms with E-state index in [9.17, 15) is 18.0 Å². The number of rotatable bonds is 8. The minimum absolute atomic E-state index is 0.116. The standard InChI is InChI=1S/C25H25F3O3S/c1-4-30-24(29)15-31-21-11-5-18(13-16(21)2)6-12-22-17(3)14-23(32-22)19-7-9-20(10-8-19)25(26,27)28/h5,7-11,13-14H,4,6,12,15H2,1-3H3. The van der Waals surface area contributed by atoms with Crippen LogP contribution in [0.1, 0.15) is 34.1 Å². The van der Waals surface area contributed by atoms with E-state index < -0.39 is 17.7 Å². The zero-order valence-corrected chi connectivity index (χ0v) is 19.0. The quantitative estimate of drug-likeness (QED) is 0.346. The second kappa shape index (κ2) is 10.2. The zero-order chi connectivity index (χ0) is 23.3. The van der Waals surface area contributed by atoms with Gasteiger partial charge in [-0.1, -0.05) is 24.3 Å². The summed E-state index contributed by atoms with van der Waals surface area (Å²) in [6.45, 7) is 5.91. The van der Waals surface area contributed by atoms with Crippen molar-refractivity contribution in [3.05, 3.63) is 75.7 Å². The SMILES string of the molecule is CCOC(=O)COc1ccc(CCc2sc(-c3ccc(C(F)(F)F)cc3)cc2C)cc1C. The topological polar surface area (TPSA) is 35.5 Å². The van der Waals surface area contributed by atoms with E-state index in [4.69, 9.17) is 9.47 Å². The Morgan fingerprint density at radius 3 is 2.31 bits per heavy atom. The number of thiophene rings is 1. The van der Waals surface area contributed by atoms with Gasteiger partial charge in [0.1, 0.15) is 5.75 Å². The Balaban J connectivity index is 1.63. The van der Waals surface area contributed by atoms with E-state index in [1.54, 1.807) is 18.3 Å². The summed E-state index contributed by atoms with van der Waals surface area (Å²) in [5.74, 6) is 0.256. The Morgan fingerprint density at radius 1 is 0.969 bits per heavy atom. The fourth-order valence-electron chi connectivity index (χ4n) is 3.36. The highest BCUT2D eigenvalue weighted by molar-refractivity contribution is 7.15. The Hall–Kier alpha value is -2.80. The van der Waals surface area contributed by atoms with Crippen LogP contribution in [-0.2, 0) is 28.5 Å². The molecule has 0 radical (unpaired) electrons. The molecule has 0 unspecified atom stereocenters. The van der Waals surface area contributed by atoms with E-state index >= 15 is 0 Å². The van der Waals surface area contributed by atoms with Crippen LogP contribution in [0, 0.1) is 13.8 Å². The van der Waals surface area contributed by atoms with E-state index in [0.29, 0.717) is 12.4 Å². The molecule has 3 nitrogen and oxygen atoms in total. The molecule has 3 rings (SSSR count). The van der Waals surface area contributed by atoms with E-state index in [1.165, 1.54) is 17.0 Å². The first-order valence-corrected chi connectivity index (χ1v) is 11.1. The van der Waals surface area contributed by atoms with Gasteiger partial charge in [-0.05, 0) is 80.1 Å². The molecule has 0 amide bonds. The van der Waals surface area contributed by atoms with Crippen molar-refractivity contribution in [3.8, 4) is 16.2 Å². The van der Waals surface area contributed by atoms with Gasteiger partial charge in [-0.25, -0.2) is 4.79 Å². The highest BCUT2D eigenvalue weighted by Crippen LogP contribution is 2.35. The average Bonchev–Trinajstić information content (AvgIpc) is 3.12. The molecule has 7 heteroatoms. The molecular weight excluding hydrogens is 437 g/mol. The van der Waals surface area contributed by atoms with E-state index in [1.807, 2.05) is 38.1 Å². The number of alkyl halides is 3. The fourth-order valence-corrected chi connectivity index (χ4v) is 4.54. The monoisotopic (exact) mass is 462 g/mol. The van der Waals surface area contributed by atoms with Crippen LogP contribution in [0.25, 0.3) is 10.4 Å². The van der Waals surface area contributed by atoms with Gasteiger partial charge >= 0.3 is 12.1 Å². The summed E-state index contributed by atoms with van der Waals surface area (Å²) in [6.07, 6.45) is -2.67. The minimum atomic E-state index is -4.33. The van der Waals surface area contributed by atoms with Crippen molar-refractivity contribution in [1.82, 2.24) is 0 Å². The molecule has 0 N–H and O–H groups in total. The second-order valence-corrected chi connectivity index (χ2v) is 8.62. The lowest BCUT2D eigenvalue weighted by Gasteiger charge is -2.10. The van der Waals surface area contributed by atoms with Gasteiger partial charge < -0.3 is 9.47 Å². The summed E-state index contributed by atoms with van der Waals surface area (Å²) in [4.78, 5) is 13.6. The Bertz CT molecular complexity index is 1070. The number of ether oxygens (including phenoxy) is 2. The van der Waals surface area contributed by atoms with Crippen LogP contribution in [0.15, 0.2) is 48.5 Å². The molecular formula is C25H25F3O3S. The largest absolute Gasteiger partial charge is 0.482 e. The van der Waals surface area contributed by atoms with Crippen LogP contribution in [0.4, 0.5) is 13.2 Å². The number of hydrogen-bond donors (Lipinski definition) is 0. The number of hydrogen-bond acceptors (Lipinski definition) is 4. The van der Waals surface area contributed by atoms with Crippen molar-refractivity contribution >= 4 is 17.3 Å². The van der Waals surface area contributed by atoms with Crippen molar-refractivity contribution in [2.75, 3.05) is 13.2 Å². The van der Waals surface area contributed by atoms with Gasteiger partial charge in [0.15, 0.2) is 6.61 Å². The Kier molecular flexibility index (Phi) is 7.61. The number of esters is 1. The van der Waals surface area contributed by atoms with Crippen LogP contribution >= 0.6 is 11.3 Å². The first-order valence-electron chi connectivity index (χ1n) is 10.3. The van der Waals surface area contributed by atoms with Gasteiger partial charge in [-0.15, -0.1) is 11.3 Å². The van der Waals surface area contributed by atoms with E-state index in [2.05, 4.69) is 0 Å². The molecule has 0 saturated carbocycles. The average molecular weight is 463 g/mol. The fraction of sp³-hybridized carbons (Fsp3) is 0.320. The predicted molar refractivity (Wildman–Crippen MR) is 120 cm³/mol. The van der Waals surface area contributed by atoms with Crippen molar-refractivity contribution in [2.24, 2.45) is 0 Å². The lowest BCUT2D eigenvalue weighted by Crippen LogP contribution is -2.15. The lowest BCUT2D eigenvalue weighted by atomic mass is 10.0. The molecule has 0 saturated heterocycles. The smallest absolute Gasteiger partial charge is 0.416 e. The summed E-state index contributed by atoms with van der Waals surface area (Å²) in [6, 6.07) is 13.2. The predicted octanol–water partition coefficient (Wildman–Crippen LogP) is 6.78. The lowest BCUT2D eigenvalue weighted by molar-refractivity contribution is -0.145. The molecule has 0 spiro atoms. The van der Waals surface area contributed by atoms with Crippen molar-refractivity contribution in [3.63, 3.8) is 0 Å². The summed E-state index contributed by atoms with van der Waals surface area (Å²) >= 11 is 1.61. The van der Waals surface area contributed by atoms with Gasteiger partial charge in [-0.2, -0.15) is 13.2 Å². The normalized spacial score (nSPS) is 11.4. The Morgan fingerprint density at radius 2 is 1.69 bits per heavy atom. The number of benzene rings is 2. The molecule has 0 atom stereocenters. The maximum atomic E-state index is 12.8. The Labute approximate surface area is 189 Å². The van der Waals surface area contributed by atoms with Crippen LogP contribution in [0.3, 0.4) is 0 Å². The van der Waals surface area contributed by atoms with Crippen molar-refractivity contribution < 1.29 is 27.4 Å². The summed E-state index contributed by atoms with van der Waals surface area (Å²) in [5, 5.41) is 0. The van der Waals surface area contributed by atoms with Gasteiger partial charge in [0, 0.05) is 9.75 Å². The van der Waals surface area contributed by atoms with E-state index in [-0.39, 0.29) is 6.61 Å². The highest BCUT2D eigenvalue weighted by atomic mass is 32.1. The van der Waals surface area contributed by atoms with Crippen LogP contribution in [-0.4, -0.2) is 19.2 Å². The third-order valence-corrected chi connectivity index (χ3v) is 6.39.